The quantitative estimate of drug-likeness (QED) is 0.532. The van der Waals surface area contributed by atoms with Crippen LogP contribution in [-0.4, -0.2) is 86.8 Å². The van der Waals surface area contributed by atoms with Gasteiger partial charge in [0.25, 0.3) is 0 Å². The van der Waals surface area contributed by atoms with Crippen LogP contribution in [0.15, 0.2) is 18.2 Å². The summed E-state index contributed by atoms with van der Waals surface area (Å²) in [7, 11) is 0.995. The molecule has 0 bridgehead atoms. The number of carboxylic acids is 2. The van der Waals surface area contributed by atoms with Crippen molar-refractivity contribution < 1.29 is 28.8 Å². The molecule has 0 radical (unpaired) electrons. The van der Waals surface area contributed by atoms with Crippen molar-refractivity contribution in [2.45, 2.75) is 31.7 Å². The molecule has 1 fully saturated rings. The molecule has 11 heteroatoms. The average molecular weight is 495 g/mol. The van der Waals surface area contributed by atoms with Crippen LogP contribution in [0.25, 0.3) is 0 Å². The van der Waals surface area contributed by atoms with Crippen molar-refractivity contribution in [1.29, 1.82) is 0 Å². The number of likely N-dealkylation sites (tertiary alicyclic amines) is 1. The highest BCUT2D eigenvalue weighted by Crippen LogP contribution is 2.23. The van der Waals surface area contributed by atoms with Crippen LogP contribution in [0.1, 0.15) is 24.8 Å². The number of halogens is 2. The highest BCUT2D eigenvalue weighted by molar-refractivity contribution is 7.84. The van der Waals surface area contributed by atoms with E-state index in [-0.39, 0.29) is 11.9 Å². The number of benzene rings is 1. The molecule has 1 amide bonds. The number of hydrogen-bond acceptors (Lipinski definition) is 5. The Bertz CT molecular complexity index is 790. The smallest absolute Gasteiger partial charge is 0.414 e. The fourth-order valence-corrected chi connectivity index (χ4v) is 4.05. The van der Waals surface area contributed by atoms with Gasteiger partial charge in [-0.1, -0.05) is 29.3 Å². The molecule has 31 heavy (non-hydrogen) atoms. The van der Waals surface area contributed by atoms with Crippen LogP contribution in [0.3, 0.4) is 0 Å². The Kier molecular flexibility index (Phi) is 12.1. The van der Waals surface area contributed by atoms with E-state index in [1.165, 1.54) is 12.8 Å². The predicted molar refractivity (Wildman–Crippen MR) is 121 cm³/mol. The third-order valence-corrected chi connectivity index (χ3v) is 6.42. The standard InChI is InChI=1S/C18H26Cl2N2O2S.C2H2O4/c1-21(18(23)12-14-5-6-16(19)17(20)11-14)15(7-10-25(2)24)13-22-8-3-4-9-22;3-1(4)2(5)6/h5-6,11,15H,3-4,7-10,12-13H2,1-2H3;(H,3,4)(H,5,6). The molecular formula is C20H28Cl2N2O6S. The molecule has 1 aromatic carbocycles. The maximum atomic E-state index is 12.7. The molecule has 1 aliphatic rings. The zero-order valence-electron chi connectivity index (χ0n) is 17.6. The van der Waals surface area contributed by atoms with Gasteiger partial charge in [0, 0.05) is 42.4 Å². The van der Waals surface area contributed by atoms with Gasteiger partial charge in [-0.3, -0.25) is 9.00 Å². The van der Waals surface area contributed by atoms with E-state index in [1.54, 1.807) is 18.4 Å². The van der Waals surface area contributed by atoms with Gasteiger partial charge in [-0.05, 0) is 50.0 Å². The lowest BCUT2D eigenvalue weighted by atomic mass is 10.1. The molecule has 1 aliphatic heterocycles. The van der Waals surface area contributed by atoms with Crippen molar-refractivity contribution in [3.05, 3.63) is 33.8 Å². The lowest BCUT2D eigenvalue weighted by Gasteiger charge is -2.31. The Balaban J connectivity index is 0.000000703. The van der Waals surface area contributed by atoms with Gasteiger partial charge in [-0.15, -0.1) is 0 Å². The van der Waals surface area contributed by atoms with Crippen LogP contribution < -0.4 is 0 Å². The molecule has 0 aliphatic carbocycles. The molecule has 1 saturated heterocycles. The highest BCUT2D eigenvalue weighted by atomic mass is 35.5. The van der Waals surface area contributed by atoms with E-state index >= 15 is 0 Å². The maximum Gasteiger partial charge on any atom is 0.414 e. The summed E-state index contributed by atoms with van der Waals surface area (Å²) in [5.41, 5.74) is 0.852. The van der Waals surface area contributed by atoms with Gasteiger partial charge in [0.1, 0.15) is 0 Å². The molecular weight excluding hydrogens is 467 g/mol. The van der Waals surface area contributed by atoms with Gasteiger partial charge in [0.05, 0.1) is 16.5 Å². The minimum Gasteiger partial charge on any atom is -0.473 e. The molecule has 2 atom stereocenters. The number of rotatable bonds is 8. The number of carboxylic acid groups (broad SMARTS) is 2. The zero-order valence-corrected chi connectivity index (χ0v) is 19.9. The fourth-order valence-electron chi connectivity index (χ4n) is 3.13. The number of carbonyl (C=O) groups is 3. The van der Waals surface area contributed by atoms with E-state index in [4.69, 9.17) is 43.0 Å². The molecule has 8 nitrogen and oxygen atoms in total. The summed E-state index contributed by atoms with van der Waals surface area (Å²) < 4.78 is 11.5. The Morgan fingerprint density at radius 2 is 1.71 bits per heavy atom. The first kappa shape index (κ1) is 27.4. The van der Waals surface area contributed by atoms with E-state index in [0.29, 0.717) is 22.2 Å². The number of likely N-dealkylation sites (N-methyl/N-ethyl adjacent to an activating group) is 1. The summed E-state index contributed by atoms with van der Waals surface area (Å²) in [6.45, 7) is 3.02. The first-order valence-electron chi connectivity index (χ1n) is 9.69. The van der Waals surface area contributed by atoms with E-state index in [0.717, 1.165) is 31.6 Å². The van der Waals surface area contributed by atoms with E-state index < -0.39 is 22.7 Å². The highest BCUT2D eigenvalue weighted by Gasteiger charge is 2.24. The van der Waals surface area contributed by atoms with Crippen molar-refractivity contribution in [2.24, 2.45) is 0 Å². The lowest BCUT2D eigenvalue weighted by Crippen LogP contribution is -2.45. The second-order valence-corrected chi connectivity index (χ2v) is 9.64. The van der Waals surface area contributed by atoms with Crippen molar-refractivity contribution in [1.82, 2.24) is 9.80 Å². The predicted octanol–water partition coefficient (Wildman–Crippen LogP) is 2.38. The summed E-state index contributed by atoms with van der Waals surface area (Å²) >= 11 is 12.0. The van der Waals surface area contributed by atoms with Crippen molar-refractivity contribution >= 4 is 51.8 Å². The summed E-state index contributed by atoms with van der Waals surface area (Å²) in [5, 5.41) is 15.7. The molecule has 2 rings (SSSR count). The Morgan fingerprint density at radius 1 is 1.13 bits per heavy atom. The molecule has 174 valence electrons. The average Bonchev–Trinajstić information content (AvgIpc) is 3.20. The number of nitrogens with zero attached hydrogens (tertiary/aromatic N) is 2. The summed E-state index contributed by atoms with van der Waals surface area (Å²) in [5.74, 6) is -2.99. The van der Waals surface area contributed by atoms with Crippen molar-refractivity contribution in [2.75, 3.05) is 38.7 Å². The second kappa shape index (κ2) is 13.7. The summed E-state index contributed by atoms with van der Waals surface area (Å²) in [6, 6.07) is 5.37. The van der Waals surface area contributed by atoms with Gasteiger partial charge >= 0.3 is 11.9 Å². The van der Waals surface area contributed by atoms with Crippen LogP contribution in [0, 0.1) is 0 Å². The molecule has 1 heterocycles. The van der Waals surface area contributed by atoms with E-state index in [9.17, 15) is 9.00 Å². The lowest BCUT2D eigenvalue weighted by molar-refractivity contribution is -0.159. The minimum absolute atomic E-state index is 0.0458. The van der Waals surface area contributed by atoms with Crippen LogP contribution in [-0.2, 0) is 31.6 Å². The first-order valence-corrected chi connectivity index (χ1v) is 12.2. The maximum absolute atomic E-state index is 12.7. The SMILES string of the molecule is CN(C(=O)Cc1ccc(Cl)c(Cl)c1)C(CCS(C)=O)CN1CCCC1.O=C(O)C(=O)O. The van der Waals surface area contributed by atoms with Crippen LogP contribution in [0.5, 0.6) is 0 Å². The number of aliphatic carboxylic acids is 2. The molecule has 2 unspecified atom stereocenters. The Morgan fingerprint density at radius 3 is 2.19 bits per heavy atom. The fraction of sp³-hybridized carbons (Fsp3) is 0.550. The van der Waals surface area contributed by atoms with Crippen molar-refractivity contribution in [3.63, 3.8) is 0 Å². The van der Waals surface area contributed by atoms with Gasteiger partial charge in [0.2, 0.25) is 5.91 Å². The third kappa shape index (κ3) is 10.5. The van der Waals surface area contributed by atoms with Crippen LogP contribution in [0.2, 0.25) is 10.0 Å². The molecule has 2 N–H and O–H groups in total. The van der Waals surface area contributed by atoms with Gasteiger partial charge in [0.15, 0.2) is 0 Å². The molecule has 0 spiro atoms. The van der Waals surface area contributed by atoms with Gasteiger partial charge < -0.3 is 20.0 Å². The Labute approximate surface area is 194 Å². The second-order valence-electron chi connectivity index (χ2n) is 7.27. The monoisotopic (exact) mass is 494 g/mol. The van der Waals surface area contributed by atoms with Crippen LogP contribution >= 0.6 is 23.2 Å². The topological polar surface area (TPSA) is 115 Å². The first-order chi connectivity index (χ1) is 14.5. The molecule has 0 saturated carbocycles. The van der Waals surface area contributed by atoms with Crippen LogP contribution in [0.4, 0.5) is 0 Å². The molecule has 0 aromatic heterocycles. The normalized spacial score (nSPS) is 15.5. The summed E-state index contributed by atoms with van der Waals surface area (Å²) in [4.78, 5) is 35.1. The van der Waals surface area contributed by atoms with E-state index in [2.05, 4.69) is 4.90 Å². The summed E-state index contributed by atoms with van der Waals surface area (Å²) in [6.07, 6.45) is 5.19. The third-order valence-electron chi connectivity index (χ3n) is 4.87. The van der Waals surface area contributed by atoms with Gasteiger partial charge in [-0.25, -0.2) is 9.59 Å². The van der Waals surface area contributed by atoms with Crippen molar-refractivity contribution in [3.8, 4) is 0 Å². The zero-order chi connectivity index (χ0) is 23.6. The largest absolute Gasteiger partial charge is 0.473 e. The number of hydrogen-bond donors (Lipinski definition) is 2. The number of amides is 1. The number of carbonyl (C=O) groups excluding carboxylic acids is 1. The molecule has 1 aromatic rings. The minimum atomic E-state index is -1.82. The van der Waals surface area contributed by atoms with E-state index in [1.807, 2.05) is 18.0 Å². The Hall–Kier alpha value is -1.68. The van der Waals surface area contributed by atoms with Gasteiger partial charge in [-0.2, -0.15) is 0 Å².